The quantitative estimate of drug-likeness (QED) is 0.684. The minimum Gasteiger partial charge on any atom is -0.382 e. The molecule has 4 aliphatic carbocycles. The molecule has 0 amide bonds. The van der Waals surface area contributed by atoms with Crippen LogP contribution in [-0.2, 0) is 4.74 Å². The Balaban J connectivity index is 1.56. The molecule has 2 nitrogen and oxygen atoms in total. The van der Waals surface area contributed by atoms with Gasteiger partial charge in [-0.25, -0.2) is 0 Å². The standard InChI is InChI=1S/C22H38O2S/c1-21-11-9-15(24-3)13-14(21)5-6-16-17-7-8-19(20(23)25-4)22(17,2)12-10-18(16)21/h14-20,23H,5-13H2,1-4H3/t14?,15-,16?,17?,18?,19?,20+,21-,22-/m0/s1. The minimum absolute atomic E-state index is 0.157. The molecule has 144 valence electrons. The van der Waals surface area contributed by atoms with Gasteiger partial charge in [0.25, 0.3) is 0 Å². The SMILES string of the molecule is CO[C@H]1CC[C@@]2(C)C(CCC3C2CC[C@@]2(C)C3CCC2[C@H](O)SC)C1. The van der Waals surface area contributed by atoms with Crippen molar-refractivity contribution >= 4 is 11.8 Å². The van der Waals surface area contributed by atoms with E-state index < -0.39 is 0 Å². The van der Waals surface area contributed by atoms with Gasteiger partial charge in [0.15, 0.2) is 0 Å². The molecule has 9 atom stereocenters. The second kappa shape index (κ2) is 6.71. The van der Waals surface area contributed by atoms with Crippen LogP contribution in [-0.4, -0.2) is 30.0 Å². The van der Waals surface area contributed by atoms with E-state index >= 15 is 0 Å². The van der Waals surface area contributed by atoms with E-state index in [1.807, 2.05) is 7.11 Å². The largest absolute Gasteiger partial charge is 0.382 e. The first-order valence-electron chi connectivity index (χ1n) is 10.7. The smallest absolute Gasteiger partial charge is 0.102 e. The molecule has 25 heavy (non-hydrogen) atoms. The normalized spacial score (nSPS) is 53.6. The van der Waals surface area contributed by atoms with Crippen molar-refractivity contribution in [3.05, 3.63) is 0 Å². The van der Waals surface area contributed by atoms with Gasteiger partial charge in [0.2, 0.25) is 0 Å². The Morgan fingerprint density at radius 1 is 0.960 bits per heavy atom. The first kappa shape index (κ1) is 18.6. The third-order valence-corrected chi connectivity index (χ3v) is 10.4. The van der Waals surface area contributed by atoms with E-state index in [0.29, 0.717) is 22.9 Å². The summed E-state index contributed by atoms with van der Waals surface area (Å²) in [6.07, 6.45) is 14.7. The number of hydrogen-bond acceptors (Lipinski definition) is 3. The number of rotatable bonds is 3. The van der Waals surface area contributed by atoms with E-state index in [1.165, 1.54) is 57.8 Å². The maximum atomic E-state index is 10.6. The summed E-state index contributed by atoms with van der Waals surface area (Å²) < 4.78 is 5.73. The van der Waals surface area contributed by atoms with Gasteiger partial charge < -0.3 is 9.84 Å². The summed E-state index contributed by atoms with van der Waals surface area (Å²) in [5.74, 6) is 4.09. The molecule has 4 saturated carbocycles. The Labute approximate surface area is 158 Å². The Kier molecular flexibility index (Phi) is 5.00. The van der Waals surface area contributed by atoms with Crippen LogP contribution in [0.4, 0.5) is 0 Å². The van der Waals surface area contributed by atoms with Gasteiger partial charge in [0.05, 0.1) is 6.10 Å². The third-order valence-electron chi connectivity index (χ3n) is 9.61. The highest BCUT2D eigenvalue weighted by Crippen LogP contribution is 2.68. The molecule has 0 bridgehead atoms. The molecular formula is C22H38O2S. The van der Waals surface area contributed by atoms with Crippen LogP contribution in [0.15, 0.2) is 0 Å². The summed E-state index contributed by atoms with van der Waals surface area (Å²) in [6, 6.07) is 0. The first-order chi connectivity index (χ1) is 11.9. The average molecular weight is 367 g/mol. The lowest BCUT2D eigenvalue weighted by molar-refractivity contribution is -0.133. The van der Waals surface area contributed by atoms with Crippen molar-refractivity contribution in [1.29, 1.82) is 0 Å². The number of thioether (sulfide) groups is 1. The monoisotopic (exact) mass is 366 g/mol. The summed E-state index contributed by atoms with van der Waals surface area (Å²) >= 11 is 1.67. The van der Waals surface area contributed by atoms with E-state index in [-0.39, 0.29) is 5.44 Å². The maximum absolute atomic E-state index is 10.6. The van der Waals surface area contributed by atoms with Crippen LogP contribution < -0.4 is 0 Å². The van der Waals surface area contributed by atoms with Crippen LogP contribution in [0, 0.1) is 40.4 Å². The third kappa shape index (κ3) is 2.74. The first-order valence-corrected chi connectivity index (χ1v) is 12.0. The highest BCUT2D eigenvalue weighted by atomic mass is 32.2. The second-order valence-corrected chi connectivity index (χ2v) is 11.1. The van der Waals surface area contributed by atoms with Crippen LogP contribution in [0.5, 0.6) is 0 Å². The Morgan fingerprint density at radius 2 is 1.68 bits per heavy atom. The zero-order chi connectivity index (χ0) is 17.8. The number of methoxy groups -OCH3 is 1. The zero-order valence-corrected chi connectivity index (χ0v) is 17.5. The molecule has 0 saturated heterocycles. The highest BCUT2D eigenvalue weighted by molar-refractivity contribution is 7.99. The van der Waals surface area contributed by atoms with E-state index in [4.69, 9.17) is 4.74 Å². The number of aliphatic hydroxyl groups excluding tert-OH is 1. The summed E-state index contributed by atoms with van der Waals surface area (Å²) in [6.45, 7) is 5.16. The fraction of sp³-hybridized carbons (Fsp3) is 1.00. The van der Waals surface area contributed by atoms with E-state index in [0.717, 1.165) is 23.7 Å². The lowest BCUT2D eigenvalue weighted by atomic mass is 9.44. The molecule has 4 aliphatic rings. The van der Waals surface area contributed by atoms with Crippen LogP contribution >= 0.6 is 11.8 Å². The van der Waals surface area contributed by atoms with Gasteiger partial charge in [-0.05, 0) is 104 Å². The number of fused-ring (bicyclic) bond motifs is 5. The topological polar surface area (TPSA) is 29.5 Å². The minimum atomic E-state index is -0.157. The molecule has 0 heterocycles. The van der Waals surface area contributed by atoms with Crippen molar-refractivity contribution in [2.24, 2.45) is 40.4 Å². The van der Waals surface area contributed by atoms with Crippen molar-refractivity contribution in [2.45, 2.75) is 83.2 Å². The van der Waals surface area contributed by atoms with Crippen LogP contribution in [0.1, 0.15) is 71.6 Å². The van der Waals surface area contributed by atoms with Crippen molar-refractivity contribution in [1.82, 2.24) is 0 Å². The molecule has 4 fully saturated rings. The molecule has 0 radical (unpaired) electrons. The van der Waals surface area contributed by atoms with Crippen molar-refractivity contribution in [2.75, 3.05) is 13.4 Å². The predicted octanol–water partition coefficient (Wildman–Crippen LogP) is 5.34. The summed E-state index contributed by atoms with van der Waals surface area (Å²) in [4.78, 5) is 0. The highest BCUT2D eigenvalue weighted by Gasteiger charge is 2.60. The fourth-order valence-electron chi connectivity index (χ4n) is 8.11. The molecule has 1 N–H and O–H groups in total. The van der Waals surface area contributed by atoms with Gasteiger partial charge in [-0.1, -0.05) is 13.8 Å². The van der Waals surface area contributed by atoms with Crippen LogP contribution in [0.2, 0.25) is 0 Å². The van der Waals surface area contributed by atoms with Gasteiger partial charge >= 0.3 is 0 Å². The number of hydrogen-bond donors (Lipinski definition) is 1. The Bertz CT molecular complexity index is 496. The average Bonchev–Trinajstić information content (AvgIpc) is 2.97. The van der Waals surface area contributed by atoms with Crippen LogP contribution in [0.3, 0.4) is 0 Å². The fourth-order valence-corrected chi connectivity index (χ4v) is 8.88. The molecule has 0 aromatic heterocycles. The summed E-state index contributed by atoms with van der Waals surface area (Å²) in [7, 11) is 1.90. The Morgan fingerprint density at radius 3 is 2.40 bits per heavy atom. The maximum Gasteiger partial charge on any atom is 0.102 e. The molecule has 0 aromatic rings. The molecule has 3 heteroatoms. The van der Waals surface area contributed by atoms with Gasteiger partial charge in [0.1, 0.15) is 5.44 Å². The Hall–Kier alpha value is 0.270. The lowest BCUT2D eigenvalue weighted by Gasteiger charge is -2.61. The second-order valence-electron chi connectivity index (χ2n) is 10.1. The van der Waals surface area contributed by atoms with E-state index in [2.05, 4.69) is 20.1 Å². The summed E-state index contributed by atoms with van der Waals surface area (Å²) in [5, 5.41) is 10.6. The molecular weight excluding hydrogens is 328 g/mol. The lowest BCUT2D eigenvalue weighted by Crippen LogP contribution is -2.54. The van der Waals surface area contributed by atoms with Crippen molar-refractivity contribution in [3.63, 3.8) is 0 Å². The molecule has 0 aliphatic heterocycles. The molecule has 5 unspecified atom stereocenters. The summed E-state index contributed by atoms with van der Waals surface area (Å²) in [5.41, 5.74) is 0.780. The number of aliphatic hydroxyl groups is 1. The molecule has 0 aromatic carbocycles. The molecule has 4 rings (SSSR count). The molecule has 0 spiro atoms. The van der Waals surface area contributed by atoms with Crippen molar-refractivity contribution < 1.29 is 9.84 Å². The van der Waals surface area contributed by atoms with E-state index in [1.54, 1.807) is 11.8 Å². The van der Waals surface area contributed by atoms with E-state index in [9.17, 15) is 5.11 Å². The van der Waals surface area contributed by atoms with Crippen molar-refractivity contribution in [3.8, 4) is 0 Å². The van der Waals surface area contributed by atoms with Crippen LogP contribution in [0.25, 0.3) is 0 Å². The van der Waals surface area contributed by atoms with Gasteiger partial charge in [-0.3, -0.25) is 0 Å². The van der Waals surface area contributed by atoms with Gasteiger partial charge in [-0.2, -0.15) is 0 Å². The predicted molar refractivity (Wildman–Crippen MR) is 106 cm³/mol. The van der Waals surface area contributed by atoms with Gasteiger partial charge in [0, 0.05) is 7.11 Å². The zero-order valence-electron chi connectivity index (χ0n) is 16.7. The number of ether oxygens (including phenoxy) is 1. The van der Waals surface area contributed by atoms with Gasteiger partial charge in [-0.15, -0.1) is 11.8 Å².